The molecule has 2 heterocycles. The molecule has 3 aromatic rings. The number of likely N-dealkylation sites (N-methyl/N-ethyl adjacent to an activating group) is 1. The number of benzene rings is 2. The molecule has 10 nitrogen and oxygen atoms in total. The number of barbiturate groups is 1. The van der Waals surface area contributed by atoms with Crippen LogP contribution in [0, 0.1) is 0 Å². The quantitative estimate of drug-likeness (QED) is 0.477. The SMILES string of the molecule is CN1C(=O)C(=Cc2c(O)n(-c3ccccc3)c(=O)n(C)c2=O)C(=O)N(c2ccccc2)C1=O. The van der Waals surface area contributed by atoms with E-state index in [-0.39, 0.29) is 11.4 Å². The van der Waals surface area contributed by atoms with Crippen LogP contribution in [0.2, 0.25) is 0 Å². The van der Waals surface area contributed by atoms with Crippen LogP contribution in [0.3, 0.4) is 0 Å². The van der Waals surface area contributed by atoms with Gasteiger partial charge in [0, 0.05) is 14.1 Å². The van der Waals surface area contributed by atoms with Gasteiger partial charge in [0.05, 0.1) is 11.4 Å². The van der Waals surface area contributed by atoms with E-state index in [1.165, 1.54) is 26.2 Å². The van der Waals surface area contributed by atoms with Crippen molar-refractivity contribution in [1.82, 2.24) is 14.0 Å². The van der Waals surface area contributed by atoms with Crippen molar-refractivity contribution in [3.8, 4) is 11.6 Å². The smallest absolute Gasteiger partial charge is 0.338 e. The van der Waals surface area contributed by atoms with Gasteiger partial charge in [0.15, 0.2) is 0 Å². The molecule has 1 N–H and O–H groups in total. The van der Waals surface area contributed by atoms with E-state index in [4.69, 9.17) is 0 Å². The molecule has 4 amide bonds. The van der Waals surface area contributed by atoms with Gasteiger partial charge in [0.25, 0.3) is 17.4 Å². The molecule has 0 spiro atoms. The third-order valence-corrected chi connectivity index (χ3v) is 5.23. The number of hydrogen-bond donors (Lipinski definition) is 1. The Kier molecular flexibility index (Phi) is 5.26. The molecule has 0 bridgehead atoms. The molecule has 1 aromatic heterocycles. The fraction of sp³-hybridized carbons (Fsp3) is 0.0870. The lowest BCUT2D eigenvalue weighted by Gasteiger charge is -2.31. The van der Waals surface area contributed by atoms with Gasteiger partial charge in [-0.05, 0) is 30.3 Å². The maximum atomic E-state index is 13.2. The van der Waals surface area contributed by atoms with Gasteiger partial charge in [-0.25, -0.2) is 19.1 Å². The van der Waals surface area contributed by atoms with E-state index in [9.17, 15) is 29.1 Å². The first-order valence-corrected chi connectivity index (χ1v) is 9.77. The molecule has 0 atom stereocenters. The van der Waals surface area contributed by atoms with E-state index in [1.54, 1.807) is 48.5 Å². The normalized spacial score (nSPS) is 15.5. The van der Waals surface area contributed by atoms with Gasteiger partial charge in [-0.15, -0.1) is 0 Å². The summed E-state index contributed by atoms with van der Waals surface area (Å²) in [5.41, 5.74) is -2.20. The Balaban J connectivity index is 1.94. The second kappa shape index (κ2) is 8.08. The summed E-state index contributed by atoms with van der Waals surface area (Å²) >= 11 is 0. The van der Waals surface area contributed by atoms with E-state index in [0.717, 1.165) is 25.0 Å². The molecule has 33 heavy (non-hydrogen) atoms. The lowest BCUT2D eigenvalue weighted by atomic mass is 10.1. The topological polar surface area (TPSA) is 122 Å². The highest BCUT2D eigenvalue weighted by Crippen LogP contribution is 2.26. The second-order valence-corrected chi connectivity index (χ2v) is 7.24. The summed E-state index contributed by atoms with van der Waals surface area (Å²) in [6, 6.07) is 15.2. The first-order chi connectivity index (χ1) is 15.7. The van der Waals surface area contributed by atoms with Gasteiger partial charge in [-0.3, -0.25) is 23.9 Å². The molecule has 1 aliphatic rings. The number of amides is 4. The van der Waals surface area contributed by atoms with Gasteiger partial charge in [-0.2, -0.15) is 0 Å². The van der Waals surface area contributed by atoms with Gasteiger partial charge in [-0.1, -0.05) is 36.4 Å². The van der Waals surface area contributed by atoms with Crippen LogP contribution < -0.4 is 16.1 Å². The fourth-order valence-corrected chi connectivity index (χ4v) is 3.45. The average Bonchev–Trinajstić information content (AvgIpc) is 2.82. The van der Waals surface area contributed by atoms with Crippen LogP contribution >= 0.6 is 0 Å². The zero-order valence-electron chi connectivity index (χ0n) is 17.6. The zero-order valence-corrected chi connectivity index (χ0v) is 17.6. The number of aromatic hydroxyl groups is 1. The van der Waals surface area contributed by atoms with Gasteiger partial charge in [0.1, 0.15) is 11.1 Å². The summed E-state index contributed by atoms with van der Waals surface area (Å²) in [7, 11) is 2.41. The molecule has 10 heteroatoms. The molecule has 4 rings (SSSR count). The predicted octanol–water partition coefficient (Wildman–Crippen LogP) is 1.25. The minimum Gasteiger partial charge on any atom is -0.494 e. The molecule has 0 radical (unpaired) electrons. The molecular weight excluding hydrogens is 428 g/mol. The molecule has 1 fully saturated rings. The van der Waals surface area contributed by atoms with Crippen molar-refractivity contribution in [1.29, 1.82) is 0 Å². The van der Waals surface area contributed by atoms with E-state index in [2.05, 4.69) is 0 Å². The number of rotatable bonds is 3. The summed E-state index contributed by atoms with van der Waals surface area (Å²) in [6.07, 6.45) is 0.903. The standard InChI is InChI=1S/C23H18N4O6/c1-24-18(28)16(20(30)26(22(24)32)14-9-5-3-6-10-14)13-17-19(29)25(2)23(33)27(21(17)31)15-11-7-4-8-12-15/h3-13,30H,1-2H3. The van der Waals surface area contributed by atoms with Crippen molar-refractivity contribution in [2.75, 3.05) is 11.9 Å². The van der Waals surface area contributed by atoms with Crippen LogP contribution in [0.15, 0.2) is 75.8 Å². The number of carbonyl (C=O) groups is 3. The average molecular weight is 446 g/mol. The Morgan fingerprint density at radius 1 is 0.758 bits per heavy atom. The Hall–Kier alpha value is -4.73. The maximum absolute atomic E-state index is 13.2. The molecule has 166 valence electrons. The number of para-hydroxylation sites is 2. The number of hydrogen-bond acceptors (Lipinski definition) is 6. The molecule has 0 aliphatic carbocycles. The van der Waals surface area contributed by atoms with E-state index in [1.807, 2.05) is 0 Å². The molecule has 0 saturated carbocycles. The third-order valence-electron chi connectivity index (χ3n) is 5.23. The van der Waals surface area contributed by atoms with Crippen LogP contribution in [-0.2, 0) is 16.6 Å². The number of nitrogens with zero attached hydrogens (tertiary/aromatic N) is 4. The monoisotopic (exact) mass is 446 g/mol. The molecule has 2 aromatic carbocycles. The minimum absolute atomic E-state index is 0.226. The minimum atomic E-state index is -0.965. The number of imide groups is 2. The highest BCUT2D eigenvalue weighted by molar-refractivity contribution is 6.39. The number of anilines is 1. The second-order valence-electron chi connectivity index (χ2n) is 7.24. The number of aromatic nitrogens is 2. The maximum Gasteiger partial charge on any atom is 0.338 e. The van der Waals surface area contributed by atoms with E-state index < -0.39 is 46.1 Å². The highest BCUT2D eigenvalue weighted by Gasteiger charge is 2.41. The van der Waals surface area contributed by atoms with Crippen LogP contribution in [-0.4, -0.2) is 44.0 Å². The van der Waals surface area contributed by atoms with E-state index >= 15 is 0 Å². The summed E-state index contributed by atoms with van der Waals surface area (Å²) in [5, 5.41) is 10.8. The van der Waals surface area contributed by atoms with Crippen LogP contribution in [0.25, 0.3) is 11.8 Å². The Bertz CT molecular complexity index is 1440. The summed E-state index contributed by atoms with van der Waals surface area (Å²) in [4.78, 5) is 65.6. The van der Waals surface area contributed by atoms with Crippen LogP contribution in [0.4, 0.5) is 10.5 Å². The van der Waals surface area contributed by atoms with Gasteiger partial charge >= 0.3 is 11.7 Å². The first-order valence-electron chi connectivity index (χ1n) is 9.77. The van der Waals surface area contributed by atoms with Crippen LogP contribution in [0.5, 0.6) is 5.88 Å². The predicted molar refractivity (Wildman–Crippen MR) is 119 cm³/mol. The van der Waals surface area contributed by atoms with Crippen molar-refractivity contribution < 1.29 is 19.5 Å². The molecule has 1 saturated heterocycles. The van der Waals surface area contributed by atoms with Crippen molar-refractivity contribution in [3.05, 3.63) is 92.6 Å². The van der Waals surface area contributed by atoms with Crippen molar-refractivity contribution in [2.45, 2.75) is 0 Å². The molecule has 1 aliphatic heterocycles. The summed E-state index contributed by atoms with van der Waals surface area (Å²) < 4.78 is 1.64. The summed E-state index contributed by atoms with van der Waals surface area (Å²) in [5.74, 6) is -2.66. The molecular formula is C23H18N4O6. The Morgan fingerprint density at radius 3 is 1.88 bits per heavy atom. The number of carbonyl (C=O) groups excluding carboxylic acids is 3. The zero-order chi connectivity index (χ0) is 23.9. The Morgan fingerprint density at radius 2 is 1.30 bits per heavy atom. The summed E-state index contributed by atoms with van der Waals surface area (Å²) in [6.45, 7) is 0. The lowest BCUT2D eigenvalue weighted by molar-refractivity contribution is -0.128. The van der Waals surface area contributed by atoms with Gasteiger partial charge in [0.2, 0.25) is 5.88 Å². The van der Waals surface area contributed by atoms with Crippen molar-refractivity contribution in [2.24, 2.45) is 7.05 Å². The van der Waals surface area contributed by atoms with E-state index in [0.29, 0.717) is 0 Å². The largest absolute Gasteiger partial charge is 0.494 e. The van der Waals surface area contributed by atoms with Gasteiger partial charge < -0.3 is 5.11 Å². The van der Waals surface area contributed by atoms with Crippen LogP contribution in [0.1, 0.15) is 5.56 Å². The first kappa shape index (κ1) is 21.5. The fourth-order valence-electron chi connectivity index (χ4n) is 3.45. The van der Waals surface area contributed by atoms with Crippen molar-refractivity contribution >= 4 is 29.6 Å². The van der Waals surface area contributed by atoms with Crippen molar-refractivity contribution in [3.63, 3.8) is 0 Å². The lowest BCUT2D eigenvalue weighted by Crippen LogP contribution is -2.55. The Labute approximate surface area is 186 Å². The highest BCUT2D eigenvalue weighted by atomic mass is 16.3. The molecule has 0 unspecified atom stereocenters. The third kappa shape index (κ3) is 3.43. The number of urea groups is 1.